The number of nitrogens with zero attached hydrogens (tertiary/aromatic N) is 1. The van der Waals surface area contributed by atoms with E-state index in [0.29, 0.717) is 6.29 Å². The first kappa shape index (κ1) is 10.4. The topological polar surface area (TPSA) is 65.2 Å². The average molecular weight is 202 g/mol. The average Bonchev–Trinajstić information content (AvgIpc) is 2.16. The second-order valence-electron chi connectivity index (χ2n) is 2.46. The number of alkyl halides is 2. The smallest absolute Gasteiger partial charge is 0.269 e. The van der Waals surface area contributed by atoms with Gasteiger partial charge in [-0.15, -0.1) is 0 Å². The summed E-state index contributed by atoms with van der Waals surface area (Å²) in [5.74, 6) is -0.122. The molecule has 0 fully saturated rings. The van der Waals surface area contributed by atoms with Gasteiger partial charge >= 0.3 is 0 Å². The maximum Gasteiger partial charge on any atom is 0.269 e. The number of rotatable bonds is 3. The van der Waals surface area contributed by atoms with E-state index in [1.54, 1.807) is 0 Å². The molecule has 0 radical (unpaired) electrons. The Morgan fingerprint density at radius 3 is 2.71 bits per heavy atom. The molecule has 0 aromatic carbocycles. The van der Waals surface area contributed by atoms with Crippen LogP contribution in [0.3, 0.4) is 0 Å². The van der Waals surface area contributed by atoms with Crippen molar-refractivity contribution in [3.8, 4) is 5.75 Å². The largest absolute Gasteiger partial charge is 0.495 e. The Bertz CT molecular complexity index is 355. The lowest BCUT2D eigenvalue weighted by Gasteiger charge is -2.10. The molecular formula is C8H8F2N2O2. The summed E-state index contributed by atoms with van der Waals surface area (Å²) < 4.78 is 29.6. The van der Waals surface area contributed by atoms with Crippen LogP contribution >= 0.6 is 0 Å². The molecule has 2 N–H and O–H groups in total. The first-order valence-electron chi connectivity index (χ1n) is 3.67. The van der Waals surface area contributed by atoms with Crippen molar-refractivity contribution in [2.45, 2.75) is 6.43 Å². The number of methoxy groups -OCH3 is 1. The molecule has 1 rings (SSSR count). The Hall–Kier alpha value is -1.72. The molecular weight excluding hydrogens is 194 g/mol. The van der Waals surface area contributed by atoms with Gasteiger partial charge in [0.1, 0.15) is 11.4 Å². The van der Waals surface area contributed by atoms with E-state index in [-0.39, 0.29) is 17.1 Å². The highest BCUT2D eigenvalue weighted by Gasteiger charge is 2.20. The Morgan fingerprint density at radius 2 is 2.29 bits per heavy atom. The summed E-state index contributed by atoms with van der Waals surface area (Å²) in [5, 5.41) is 0. The molecule has 0 aliphatic heterocycles. The minimum atomic E-state index is -2.80. The number of aromatic nitrogens is 1. The molecule has 0 unspecified atom stereocenters. The van der Waals surface area contributed by atoms with Crippen LogP contribution in [0.15, 0.2) is 6.20 Å². The van der Waals surface area contributed by atoms with Gasteiger partial charge in [0.2, 0.25) is 0 Å². The Labute approximate surface area is 78.7 Å². The molecule has 4 nitrogen and oxygen atoms in total. The number of anilines is 1. The predicted molar refractivity (Wildman–Crippen MR) is 45.5 cm³/mol. The summed E-state index contributed by atoms with van der Waals surface area (Å²) in [7, 11) is 1.23. The summed E-state index contributed by atoms with van der Waals surface area (Å²) in [6.07, 6.45) is -1.44. The number of halogens is 2. The quantitative estimate of drug-likeness (QED) is 0.753. The molecule has 1 aromatic heterocycles. The van der Waals surface area contributed by atoms with Crippen molar-refractivity contribution in [3.63, 3.8) is 0 Å². The van der Waals surface area contributed by atoms with Crippen molar-refractivity contribution in [2.24, 2.45) is 0 Å². The molecule has 0 bridgehead atoms. The van der Waals surface area contributed by atoms with Gasteiger partial charge in [0.25, 0.3) is 6.43 Å². The second kappa shape index (κ2) is 3.99. The van der Waals surface area contributed by atoms with E-state index in [1.165, 1.54) is 7.11 Å². The number of ether oxygens (including phenoxy) is 1. The van der Waals surface area contributed by atoms with Crippen LogP contribution < -0.4 is 10.5 Å². The fraction of sp³-hybridized carbons (Fsp3) is 0.250. The number of nitrogen functional groups attached to an aromatic ring is 1. The van der Waals surface area contributed by atoms with Gasteiger partial charge in [-0.25, -0.2) is 13.8 Å². The fourth-order valence-electron chi connectivity index (χ4n) is 1.02. The lowest BCUT2D eigenvalue weighted by molar-refractivity contribution is 0.111. The number of pyridine rings is 1. The summed E-state index contributed by atoms with van der Waals surface area (Å²) in [5.41, 5.74) is 4.28. The molecule has 0 atom stereocenters. The molecule has 0 spiro atoms. The highest BCUT2D eigenvalue weighted by molar-refractivity contribution is 5.82. The van der Waals surface area contributed by atoms with E-state index >= 15 is 0 Å². The van der Waals surface area contributed by atoms with Gasteiger partial charge in [0.15, 0.2) is 6.29 Å². The van der Waals surface area contributed by atoms with Crippen molar-refractivity contribution >= 4 is 12.0 Å². The van der Waals surface area contributed by atoms with Crippen LogP contribution in [0.1, 0.15) is 22.5 Å². The minimum Gasteiger partial charge on any atom is -0.495 e. The zero-order valence-corrected chi connectivity index (χ0v) is 7.33. The molecule has 76 valence electrons. The molecule has 14 heavy (non-hydrogen) atoms. The Balaban J connectivity index is 3.38. The summed E-state index contributed by atoms with van der Waals surface area (Å²) in [4.78, 5) is 13.9. The molecule has 6 heteroatoms. The van der Waals surface area contributed by atoms with E-state index in [1.807, 2.05) is 0 Å². The maximum atomic E-state index is 12.5. The van der Waals surface area contributed by atoms with Crippen molar-refractivity contribution in [1.82, 2.24) is 4.98 Å². The van der Waals surface area contributed by atoms with Crippen molar-refractivity contribution in [3.05, 3.63) is 17.5 Å². The van der Waals surface area contributed by atoms with Crippen LogP contribution in [0.2, 0.25) is 0 Å². The normalized spacial score (nSPS) is 10.3. The summed E-state index contributed by atoms with van der Waals surface area (Å²) >= 11 is 0. The number of hydrogen-bond acceptors (Lipinski definition) is 4. The number of carbonyl (C=O) groups excluding carboxylic acids is 1. The minimum absolute atomic E-state index is 0.122. The molecule has 0 amide bonds. The monoisotopic (exact) mass is 202 g/mol. The van der Waals surface area contributed by atoms with Crippen LogP contribution in [0, 0.1) is 0 Å². The predicted octanol–water partition coefficient (Wildman–Crippen LogP) is 1.42. The van der Waals surface area contributed by atoms with Crippen LogP contribution in [0.4, 0.5) is 14.5 Å². The molecule has 0 saturated carbocycles. The molecule has 0 aliphatic rings. The van der Waals surface area contributed by atoms with Gasteiger partial charge in [-0.05, 0) is 0 Å². The third-order valence-corrected chi connectivity index (χ3v) is 1.70. The standard InChI is InChI=1S/C8H8F2N2O2/c1-14-5-2-12-4(3-13)7(11)6(5)8(9)10/h2-3,8H,11H2,1H3. The lowest BCUT2D eigenvalue weighted by atomic mass is 10.1. The van der Waals surface area contributed by atoms with E-state index in [2.05, 4.69) is 9.72 Å². The highest BCUT2D eigenvalue weighted by Crippen LogP contribution is 2.34. The first-order valence-corrected chi connectivity index (χ1v) is 3.67. The second-order valence-corrected chi connectivity index (χ2v) is 2.46. The zero-order chi connectivity index (χ0) is 10.7. The zero-order valence-electron chi connectivity index (χ0n) is 7.33. The number of carbonyl (C=O) groups is 1. The van der Waals surface area contributed by atoms with E-state index in [4.69, 9.17) is 5.73 Å². The van der Waals surface area contributed by atoms with Crippen LogP contribution in [0.5, 0.6) is 5.75 Å². The molecule has 1 heterocycles. The third kappa shape index (κ3) is 1.63. The Kier molecular flexibility index (Phi) is 2.95. The van der Waals surface area contributed by atoms with Gasteiger partial charge < -0.3 is 10.5 Å². The van der Waals surface area contributed by atoms with Crippen molar-refractivity contribution in [1.29, 1.82) is 0 Å². The molecule has 0 aliphatic carbocycles. The number of aldehydes is 1. The maximum absolute atomic E-state index is 12.5. The molecule has 1 aromatic rings. The Morgan fingerprint density at radius 1 is 1.64 bits per heavy atom. The first-order chi connectivity index (χ1) is 6.61. The van der Waals surface area contributed by atoms with Gasteiger partial charge in [-0.2, -0.15) is 0 Å². The van der Waals surface area contributed by atoms with Gasteiger partial charge in [0.05, 0.1) is 24.6 Å². The summed E-state index contributed by atoms with van der Waals surface area (Å²) in [6.45, 7) is 0. The third-order valence-electron chi connectivity index (χ3n) is 1.70. The molecule has 0 saturated heterocycles. The van der Waals surface area contributed by atoms with Crippen LogP contribution in [-0.2, 0) is 0 Å². The van der Waals surface area contributed by atoms with Gasteiger partial charge in [-0.3, -0.25) is 4.79 Å². The number of hydrogen-bond donors (Lipinski definition) is 1. The van der Waals surface area contributed by atoms with Gasteiger partial charge in [-0.1, -0.05) is 0 Å². The van der Waals surface area contributed by atoms with Crippen LogP contribution in [-0.4, -0.2) is 18.4 Å². The summed E-state index contributed by atoms with van der Waals surface area (Å²) in [6, 6.07) is 0. The van der Waals surface area contributed by atoms with E-state index in [9.17, 15) is 13.6 Å². The highest BCUT2D eigenvalue weighted by atomic mass is 19.3. The fourth-order valence-corrected chi connectivity index (χ4v) is 1.02. The SMILES string of the molecule is COc1cnc(C=O)c(N)c1C(F)F. The van der Waals surface area contributed by atoms with Gasteiger partial charge in [0, 0.05) is 0 Å². The van der Waals surface area contributed by atoms with E-state index in [0.717, 1.165) is 6.20 Å². The number of nitrogens with two attached hydrogens (primary N) is 1. The van der Waals surface area contributed by atoms with Crippen molar-refractivity contribution < 1.29 is 18.3 Å². The van der Waals surface area contributed by atoms with E-state index < -0.39 is 12.0 Å². The van der Waals surface area contributed by atoms with Crippen LogP contribution in [0.25, 0.3) is 0 Å². The lowest BCUT2D eigenvalue weighted by Crippen LogP contribution is -2.04. The van der Waals surface area contributed by atoms with Crippen molar-refractivity contribution in [2.75, 3.05) is 12.8 Å².